The molecule has 0 aromatic heterocycles. The number of fused-ring (bicyclic) bond motifs is 2. The molecule has 13 heteroatoms. The van der Waals surface area contributed by atoms with Gasteiger partial charge in [0.15, 0.2) is 6.10 Å². The Hall–Kier alpha value is -2.67. The minimum Gasteiger partial charge on any atom is -0.436 e. The first-order valence-corrected chi connectivity index (χ1v) is 17.2. The van der Waals surface area contributed by atoms with Crippen LogP contribution in [0.2, 0.25) is 0 Å². The first kappa shape index (κ1) is 33.2. The topological polar surface area (TPSA) is 154 Å². The summed E-state index contributed by atoms with van der Waals surface area (Å²) < 4.78 is 36.1. The predicted octanol–water partition coefficient (Wildman–Crippen LogP) is 2.89. The standard InChI is InChI=1S/C30H49N5O7S/c1-20-13-11-14-21(2)35(20)43(40,41)33-27(38)30-19-22(30)15-9-7-6-8-10-17-24(42-28(39)32-29(3,4)5)26(37)34-18-12-16-23(34)25(36)31-30/h9,15,20-24H,6-8,10-14,16-19H2,1-5H3,(H,31,36)(H,32,39)(H,33,38)/t20?,21?,22-,23+,24+,30-/m1/s1. The number of ether oxygens (including phenoxy) is 1. The van der Waals surface area contributed by atoms with Gasteiger partial charge >= 0.3 is 16.3 Å². The lowest BCUT2D eigenvalue weighted by molar-refractivity contribution is -0.146. The number of amides is 4. The number of carbonyl (C=O) groups excluding carboxylic acids is 4. The summed E-state index contributed by atoms with van der Waals surface area (Å²) in [6.07, 6.45) is 9.04. The van der Waals surface area contributed by atoms with Crippen LogP contribution >= 0.6 is 0 Å². The second-order valence-electron chi connectivity index (χ2n) is 13.7. The number of carbonyl (C=O) groups is 4. The molecule has 43 heavy (non-hydrogen) atoms. The Labute approximate surface area is 255 Å². The fraction of sp³-hybridized carbons (Fsp3) is 0.800. The maximum absolute atomic E-state index is 13.7. The maximum Gasteiger partial charge on any atom is 0.408 e. The van der Waals surface area contributed by atoms with Crippen LogP contribution in [-0.4, -0.2) is 83.3 Å². The third-order valence-electron chi connectivity index (χ3n) is 8.92. The van der Waals surface area contributed by atoms with Crippen molar-refractivity contribution in [2.24, 2.45) is 5.92 Å². The van der Waals surface area contributed by atoms with E-state index in [1.165, 1.54) is 9.21 Å². The number of nitrogens with zero attached hydrogens (tertiary/aromatic N) is 2. The van der Waals surface area contributed by atoms with Crippen molar-refractivity contribution < 1.29 is 32.3 Å². The minimum atomic E-state index is -4.14. The molecule has 2 unspecified atom stereocenters. The molecule has 4 rings (SSSR count). The third-order valence-corrected chi connectivity index (χ3v) is 10.6. The normalized spacial score (nSPS) is 32.9. The van der Waals surface area contributed by atoms with Gasteiger partial charge in [0.05, 0.1) is 0 Å². The molecule has 12 nitrogen and oxygen atoms in total. The molecule has 4 aliphatic rings. The molecule has 4 amide bonds. The van der Waals surface area contributed by atoms with Gasteiger partial charge in [-0.2, -0.15) is 12.7 Å². The zero-order valence-electron chi connectivity index (χ0n) is 26.2. The average Bonchev–Trinajstić information content (AvgIpc) is 3.35. The lowest BCUT2D eigenvalue weighted by Gasteiger charge is -2.37. The zero-order chi connectivity index (χ0) is 31.6. The first-order chi connectivity index (χ1) is 20.1. The van der Waals surface area contributed by atoms with E-state index in [0.717, 1.165) is 25.7 Å². The van der Waals surface area contributed by atoms with Gasteiger partial charge in [0, 0.05) is 30.1 Å². The van der Waals surface area contributed by atoms with E-state index in [-0.39, 0.29) is 24.4 Å². The summed E-state index contributed by atoms with van der Waals surface area (Å²) in [4.78, 5) is 55.2. The van der Waals surface area contributed by atoms with Crippen LogP contribution in [0.15, 0.2) is 12.2 Å². The molecule has 0 spiro atoms. The molecule has 0 aromatic carbocycles. The van der Waals surface area contributed by atoms with Crippen molar-refractivity contribution in [1.29, 1.82) is 0 Å². The van der Waals surface area contributed by atoms with Crippen LogP contribution in [0.1, 0.15) is 105 Å². The Bertz CT molecular complexity index is 1210. The van der Waals surface area contributed by atoms with Crippen molar-refractivity contribution in [2.45, 2.75) is 141 Å². The molecule has 3 N–H and O–H groups in total. The van der Waals surface area contributed by atoms with Crippen molar-refractivity contribution in [3.05, 3.63) is 12.2 Å². The smallest absolute Gasteiger partial charge is 0.408 e. The number of hydrogen-bond donors (Lipinski definition) is 3. The average molecular weight is 624 g/mol. The van der Waals surface area contributed by atoms with Crippen LogP contribution in [-0.2, 0) is 29.3 Å². The van der Waals surface area contributed by atoms with Gasteiger partial charge in [0.2, 0.25) is 5.91 Å². The van der Waals surface area contributed by atoms with Gasteiger partial charge < -0.3 is 20.3 Å². The first-order valence-electron chi connectivity index (χ1n) is 15.8. The van der Waals surface area contributed by atoms with Crippen LogP contribution in [0.3, 0.4) is 0 Å². The van der Waals surface area contributed by atoms with Crippen molar-refractivity contribution in [3.8, 4) is 0 Å². The highest BCUT2D eigenvalue weighted by molar-refractivity contribution is 7.87. The van der Waals surface area contributed by atoms with E-state index in [1.807, 2.05) is 46.8 Å². The van der Waals surface area contributed by atoms with Gasteiger partial charge in [0.1, 0.15) is 11.6 Å². The molecule has 6 atom stereocenters. The molecular weight excluding hydrogens is 574 g/mol. The van der Waals surface area contributed by atoms with Gasteiger partial charge in [-0.05, 0) is 92.4 Å². The summed E-state index contributed by atoms with van der Waals surface area (Å²) in [5.41, 5.74) is -1.97. The van der Waals surface area contributed by atoms with E-state index in [4.69, 9.17) is 4.74 Å². The Morgan fingerprint density at radius 3 is 2.37 bits per heavy atom. The maximum atomic E-state index is 13.7. The summed E-state index contributed by atoms with van der Waals surface area (Å²) in [5.74, 6) is -2.07. The summed E-state index contributed by atoms with van der Waals surface area (Å²) in [6.45, 7) is 9.44. The Morgan fingerprint density at radius 2 is 1.70 bits per heavy atom. The number of hydrogen-bond acceptors (Lipinski definition) is 7. The van der Waals surface area contributed by atoms with E-state index in [0.29, 0.717) is 45.1 Å². The highest BCUT2D eigenvalue weighted by atomic mass is 32.2. The van der Waals surface area contributed by atoms with E-state index >= 15 is 0 Å². The summed E-state index contributed by atoms with van der Waals surface area (Å²) in [6, 6.07) is -1.35. The Kier molecular flexibility index (Phi) is 10.1. The number of piperidine rings is 1. The summed E-state index contributed by atoms with van der Waals surface area (Å²) in [7, 11) is -4.14. The van der Waals surface area contributed by atoms with Crippen molar-refractivity contribution in [3.63, 3.8) is 0 Å². The number of rotatable bonds is 4. The Balaban J connectivity index is 1.55. The molecule has 0 aromatic rings. The van der Waals surface area contributed by atoms with Crippen LogP contribution in [0.25, 0.3) is 0 Å². The molecule has 1 saturated carbocycles. The second-order valence-corrected chi connectivity index (χ2v) is 15.3. The van der Waals surface area contributed by atoms with Crippen LogP contribution < -0.4 is 15.4 Å². The molecule has 3 fully saturated rings. The minimum absolute atomic E-state index is 0.248. The summed E-state index contributed by atoms with van der Waals surface area (Å²) in [5, 5.41) is 5.59. The number of alkyl carbamates (subject to hydrolysis) is 1. The van der Waals surface area contributed by atoms with Crippen molar-refractivity contribution >= 4 is 34.0 Å². The Morgan fingerprint density at radius 1 is 1.00 bits per heavy atom. The summed E-state index contributed by atoms with van der Waals surface area (Å²) >= 11 is 0. The molecule has 3 heterocycles. The van der Waals surface area contributed by atoms with Crippen molar-refractivity contribution in [1.82, 2.24) is 24.6 Å². The second kappa shape index (κ2) is 13.1. The van der Waals surface area contributed by atoms with E-state index in [9.17, 15) is 27.6 Å². The van der Waals surface area contributed by atoms with Crippen molar-refractivity contribution in [2.75, 3.05) is 6.54 Å². The number of allylic oxidation sites excluding steroid dienone is 1. The largest absolute Gasteiger partial charge is 0.436 e. The number of nitrogens with one attached hydrogen (secondary N) is 3. The monoisotopic (exact) mass is 623 g/mol. The van der Waals surface area contributed by atoms with Gasteiger partial charge in [-0.15, -0.1) is 0 Å². The van der Waals surface area contributed by atoms with Gasteiger partial charge in [-0.25, -0.2) is 9.52 Å². The molecular formula is C30H49N5O7S. The predicted molar refractivity (Wildman–Crippen MR) is 161 cm³/mol. The lowest BCUT2D eigenvalue weighted by atomic mass is 10.0. The quantitative estimate of drug-likeness (QED) is 0.407. The highest BCUT2D eigenvalue weighted by Crippen LogP contribution is 2.46. The van der Waals surface area contributed by atoms with Gasteiger partial charge in [-0.3, -0.25) is 14.4 Å². The molecule has 3 aliphatic heterocycles. The molecule has 0 radical (unpaired) electrons. The SMILES string of the molecule is CC1CCCC(C)N1S(=O)(=O)NC(=O)[C@@]12C[C@H]1C=CCCCCC[C@H](OC(=O)NC(C)(C)C)C(=O)N1CCC[C@H]1C(=O)N2. The van der Waals surface area contributed by atoms with Crippen LogP contribution in [0.4, 0.5) is 4.79 Å². The van der Waals surface area contributed by atoms with Crippen LogP contribution in [0, 0.1) is 5.92 Å². The van der Waals surface area contributed by atoms with Gasteiger partial charge in [-0.1, -0.05) is 25.0 Å². The molecule has 0 bridgehead atoms. The fourth-order valence-electron chi connectivity index (χ4n) is 6.63. The van der Waals surface area contributed by atoms with E-state index in [1.54, 1.807) is 0 Å². The third kappa shape index (κ3) is 7.89. The molecule has 1 aliphatic carbocycles. The molecule has 2 saturated heterocycles. The fourth-order valence-corrected chi connectivity index (χ4v) is 8.31. The van der Waals surface area contributed by atoms with E-state index in [2.05, 4.69) is 15.4 Å². The lowest BCUT2D eigenvalue weighted by Crippen LogP contribution is -2.60. The van der Waals surface area contributed by atoms with Crippen LogP contribution in [0.5, 0.6) is 0 Å². The highest BCUT2D eigenvalue weighted by Gasteiger charge is 2.61. The molecule has 242 valence electrons. The zero-order valence-corrected chi connectivity index (χ0v) is 27.0. The van der Waals surface area contributed by atoms with E-state index < -0.39 is 57.2 Å². The van der Waals surface area contributed by atoms with Gasteiger partial charge in [0.25, 0.3) is 11.8 Å².